The maximum atomic E-state index is 11.6. The molecule has 0 aromatic heterocycles. The van der Waals surface area contributed by atoms with Gasteiger partial charge in [-0.3, -0.25) is 4.79 Å². The molecule has 2 bridgehead atoms. The van der Waals surface area contributed by atoms with Crippen LogP contribution in [0.1, 0.15) is 26.2 Å². The quantitative estimate of drug-likeness (QED) is 0.534. The zero-order valence-electron chi connectivity index (χ0n) is 8.40. The smallest absolute Gasteiger partial charge is 0.312 e. The maximum Gasteiger partial charge on any atom is 0.312 e. The van der Waals surface area contributed by atoms with Crippen molar-refractivity contribution in [3.63, 3.8) is 0 Å². The van der Waals surface area contributed by atoms with E-state index in [2.05, 4.69) is 0 Å². The van der Waals surface area contributed by atoms with E-state index in [4.69, 9.17) is 4.74 Å². The molecule has 0 aliphatic heterocycles. The van der Waals surface area contributed by atoms with Crippen LogP contribution in [0.4, 0.5) is 0 Å². The van der Waals surface area contributed by atoms with Gasteiger partial charge < -0.3 is 9.84 Å². The van der Waals surface area contributed by atoms with Crippen molar-refractivity contribution >= 4 is 5.97 Å². The first-order chi connectivity index (χ1) is 6.65. The summed E-state index contributed by atoms with van der Waals surface area (Å²) in [6, 6.07) is 0. The molecule has 1 N–H and O–H groups in total. The normalized spacial score (nSPS) is 39.9. The van der Waals surface area contributed by atoms with Gasteiger partial charge in [0.25, 0.3) is 0 Å². The molecule has 0 aromatic rings. The average molecular weight is 196 g/mol. The van der Waals surface area contributed by atoms with Crippen molar-refractivity contribution in [2.24, 2.45) is 11.8 Å². The molecule has 3 heteroatoms. The second-order valence-corrected chi connectivity index (χ2v) is 4.19. The molecule has 0 radical (unpaired) electrons. The molecule has 0 amide bonds. The second kappa shape index (κ2) is 3.39. The molecule has 0 spiro atoms. The fourth-order valence-corrected chi connectivity index (χ4v) is 2.44. The number of ether oxygens (including phenoxy) is 1. The van der Waals surface area contributed by atoms with Crippen LogP contribution >= 0.6 is 0 Å². The average Bonchev–Trinajstić information content (AvgIpc) is 2.18. The van der Waals surface area contributed by atoms with Crippen LogP contribution < -0.4 is 0 Å². The van der Waals surface area contributed by atoms with Crippen molar-refractivity contribution < 1.29 is 14.6 Å². The fourth-order valence-electron chi connectivity index (χ4n) is 2.44. The van der Waals surface area contributed by atoms with E-state index in [1.807, 2.05) is 6.08 Å². The molecule has 3 nitrogen and oxygen atoms in total. The van der Waals surface area contributed by atoms with Gasteiger partial charge in [-0.2, -0.15) is 0 Å². The highest BCUT2D eigenvalue weighted by molar-refractivity contribution is 5.75. The first-order valence-electron chi connectivity index (χ1n) is 5.24. The summed E-state index contributed by atoms with van der Waals surface area (Å²) in [7, 11) is 0. The predicted octanol–water partition coefficient (Wildman–Crippen LogP) is 1.27. The Labute approximate surface area is 83.8 Å². The van der Waals surface area contributed by atoms with Gasteiger partial charge in [0.05, 0.1) is 18.1 Å². The lowest BCUT2D eigenvalue weighted by atomic mass is 9.66. The first-order valence-corrected chi connectivity index (χ1v) is 5.24. The number of carbonyl (C=O) groups is 1. The highest BCUT2D eigenvalue weighted by atomic mass is 16.5. The molecule has 0 saturated heterocycles. The zero-order valence-corrected chi connectivity index (χ0v) is 8.40. The van der Waals surface area contributed by atoms with Crippen molar-refractivity contribution in [2.75, 3.05) is 6.61 Å². The lowest BCUT2D eigenvalue weighted by Gasteiger charge is -2.43. The third-order valence-corrected chi connectivity index (χ3v) is 3.29. The Morgan fingerprint density at radius 2 is 2.50 bits per heavy atom. The van der Waals surface area contributed by atoms with Crippen LogP contribution in [0.2, 0.25) is 0 Å². The lowest BCUT2D eigenvalue weighted by molar-refractivity contribution is -0.160. The summed E-state index contributed by atoms with van der Waals surface area (Å²) >= 11 is 0. The summed E-state index contributed by atoms with van der Waals surface area (Å²) in [5.41, 5.74) is -0.930. The number of carbonyl (C=O) groups excluding carboxylic acids is 1. The molecule has 78 valence electrons. The molecule has 0 heterocycles. The van der Waals surface area contributed by atoms with Gasteiger partial charge in [-0.1, -0.05) is 12.2 Å². The number of aliphatic hydroxyl groups is 1. The van der Waals surface area contributed by atoms with E-state index in [1.54, 1.807) is 13.0 Å². The van der Waals surface area contributed by atoms with E-state index in [0.29, 0.717) is 18.9 Å². The van der Waals surface area contributed by atoms with Gasteiger partial charge in [0.2, 0.25) is 0 Å². The van der Waals surface area contributed by atoms with E-state index in [9.17, 15) is 9.90 Å². The van der Waals surface area contributed by atoms with Gasteiger partial charge >= 0.3 is 5.97 Å². The van der Waals surface area contributed by atoms with Gasteiger partial charge in [-0.25, -0.2) is 0 Å². The minimum atomic E-state index is -0.930. The van der Waals surface area contributed by atoms with Crippen molar-refractivity contribution in [3.05, 3.63) is 12.2 Å². The Bertz CT molecular complexity index is 272. The molecular formula is C11H16O3. The fraction of sp³-hybridized carbons (Fsp3) is 0.727. The van der Waals surface area contributed by atoms with Crippen LogP contribution in [0.5, 0.6) is 0 Å². The number of hydrogen-bond acceptors (Lipinski definition) is 3. The Morgan fingerprint density at radius 1 is 1.71 bits per heavy atom. The van der Waals surface area contributed by atoms with Crippen LogP contribution in [0.25, 0.3) is 0 Å². The summed E-state index contributed by atoms with van der Waals surface area (Å²) in [5.74, 6) is -0.131. The molecule has 3 aliphatic rings. The van der Waals surface area contributed by atoms with E-state index in [-0.39, 0.29) is 11.9 Å². The molecule has 0 aromatic carbocycles. The Hall–Kier alpha value is -0.830. The number of esters is 1. The minimum absolute atomic E-state index is 0.246. The molecule has 1 fully saturated rings. The Balaban J connectivity index is 2.14. The zero-order chi connectivity index (χ0) is 10.2. The summed E-state index contributed by atoms with van der Waals surface area (Å²) in [5, 5.41) is 10.2. The highest BCUT2D eigenvalue weighted by Gasteiger charge is 2.47. The first kappa shape index (κ1) is 9.71. The monoisotopic (exact) mass is 196 g/mol. The summed E-state index contributed by atoms with van der Waals surface area (Å²) in [6.45, 7) is 2.18. The summed E-state index contributed by atoms with van der Waals surface area (Å²) in [4.78, 5) is 11.6. The van der Waals surface area contributed by atoms with Gasteiger partial charge in [-0.15, -0.1) is 0 Å². The lowest BCUT2D eigenvalue weighted by Crippen LogP contribution is -2.48. The Kier molecular flexibility index (Phi) is 2.35. The number of hydrogen-bond donors (Lipinski definition) is 1. The molecule has 3 unspecified atom stereocenters. The molecule has 14 heavy (non-hydrogen) atoms. The van der Waals surface area contributed by atoms with Gasteiger partial charge in [0, 0.05) is 0 Å². The molecular weight excluding hydrogens is 180 g/mol. The topological polar surface area (TPSA) is 46.5 Å². The van der Waals surface area contributed by atoms with Crippen molar-refractivity contribution in [2.45, 2.75) is 31.8 Å². The van der Waals surface area contributed by atoms with E-state index < -0.39 is 5.60 Å². The van der Waals surface area contributed by atoms with Crippen LogP contribution in [-0.2, 0) is 9.53 Å². The largest absolute Gasteiger partial charge is 0.466 e. The number of allylic oxidation sites excluding steroid dienone is 1. The summed E-state index contributed by atoms with van der Waals surface area (Å²) in [6.07, 6.45) is 6.23. The predicted molar refractivity (Wildman–Crippen MR) is 51.6 cm³/mol. The van der Waals surface area contributed by atoms with Crippen molar-refractivity contribution in [1.29, 1.82) is 0 Å². The highest BCUT2D eigenvalue weighted by Crippen LogP contribution is 2.43. The Morgan fingerprint density at radius 3 is 3.00 bits per heavy atom. The van der Waals surface area contributed by atoms with Gasteiger partial charge in [0.1, 0.15) is 0 Å². The summed E-state index contributed by atoms with van der Waals surface area (Å²) < 4.78 is 4.97. The maximum absolute atomic E-state index is 11.6. The van der Waals surface area contributed by atoms with Crippen molar-refractivity contribution in [3.8, 4) is 0 Å². The van der Waals surface area contributed by atoms with E-state index in [0.717, 1.165) is 12.8 Å². The molecule has 3 aliphatic carbocycles. The molecule has 3 rings (SSSR count). The van der Waals surface area contributed by atoms with E-state index in [1.165, 1.54) is 0 Å². The minimum Gasteiger partial charge on any atom is -0.466 e. The second-order valence-electron chi connectivity index (χ2n) is 4.19. The van der Waals surface area contributed by atoms with Crippen LogP contribution in [-0.4, -0.2) is 23.3 Å². The van der Waals surface area contributed by atoms with Crippen LogP contribution in [0.3, 0.4) is 0 Å². The molecule has 3 atom stereocenters. The van der Waals surface area contributed by atoms with Crippen LogP contribution in [0.15, 0.2) is 12.2 Å². The van der Waals surface area contributed by atoms with Crippen LogP contribution in [0, 0.1) is 11.8 Å². The molecule has 1 saturated carbocycles. The van der Waals surface area contributed by atoms with Gasteiger partial charge in [0.15, 0.2) is 0 Å². The van der Waals surface area contributed by atoms with Gasteiger partial charge in [-0.05, 0) is 32.1 Å². The number of rotatable bonds is 2. The SMILES string of the molecule is CCOC(=O)C1CC2C=CC1(O)CC2. The van der Waals surface area contributed by atoms with E-state index >= 15 is 0 Å². The third-order valence-electron chi connectivity index (χ3n) is 3.29. The number of fused-ring (bicyclic) bond motifs is 2. The third kappa shape index (κ3) is 1.46. The standard InChI is InChI=1S/C11H16O3/c1-2-14-10(12)9-7-8-3-5-11(9,13)6-4-8/h3,5,8-9,13H,2,4,6-7H2,1H3. The van der Waals surface area contributed by atoms with Crippen molar-refractivity contribution in [1.82, 2.24) is 0 Å².